The molecule has 0 bridgehead atoms. The first-order valence-corrected chi connectivity index (χ1v) is 14.1. The van der Waals surface area contributed by atoms with E-state index in [9.17, 15) is 29.1 Å². The van der Waals surface area contributed by atoms with Crippen molar-refractivity contribution in [2.75, 3.05) is 19.7 Å². The first-order valence-electron chi connectivity index (χ1n) is 14.1. The number of aromatic hydroxyl groups is 1. The first kappa shape index (κ1) is 35.2. The first-order chi connectivity index (χ1) is 19.3. The maximum atomic E-state index is 14.0. The quantitative estimate of drug-likeness (QED) is 0.161. The van der Waals surface area contributed by atoms with E-state index in [1.807, 2.05) is 0 Å². The fraction of sp³-hybridized carbons (Fsp3) is 0.621. The molecule has 41 heavy (non-hydrogen) atoms. The number of nitrogens with two attached hydrogens (primary N) is 1. The third-order valence-electron chi connectivity index (χ3n) is 5.88. The number of carbonyl (C=O) groups is 5. The number of benzene rings is 1. The van der Waals surface area contributed by atoms with Gasteiger partial charge >= 0.3 is 12.1 Å². The van der Waals surface area contributed by atoms with E-state index in [4.69, 9.17) is 15.2 Å². The molecule has 0 aromatic heterocycles. The lowest BCUT2D eigenvalue weighted by Crippen LogP contribution is -2.54. The highest BCUT2D eigenvalue weighted by Crippen LogP contribution is 2.26. The Bertz CT molecular complexity index is 1010. The van der Waals surface area contributed by atoms with Crippen LogP contribution in [-0.2, 0) is 28.7 Å². The Kier molecular flexibility index (Phi) is 15.3. The molecule has 0 aliphatic heterocycles. The van der Waals surface area contributed by atoms with E-state index in [1.165, 1.54) is 29.2 Å². The number of nitrogens with one attached hydrogen (secondary N) is 2. The maximum absolute atomic E-state index is 14.0. The van der Waals surface area contributed by atoms with Crippen LogP contribution in [0, 0.1) is 0 Å². The third-order valence-corrected chi connectivity index (χ3v) is 5.88. The molecule has 2 unspecified atom stereocenters. The smallest absolute Gasteiger partial charge is 0.408 e. The van der Waals surface area contributed by atoms with Crippen LogP contribution >= 0.6 is 0 Å². The van der Waals surface area contributed by atoms with Crippen LogP contribution in [0.1, 0.15) is 91.2 Å². The van der Waals surface area contributed by atoms with Gasteiger partial charge in [0.25, 0.3) is 0 Å². The molecule has 0 saturated carbocycles. The van der Waals surface area contributed by atoms with Gasteiger partial charge in [0.2, 0.25) is 17.7 Å². The number of carbonyl (C=O) groups excluding carboxylic acids is 5. The van der Waals surface area contributed by atoms with Gasteiger partial charge in [-0.2, -0.15) is 0 Å². The van der Waals surface area contributed by atoms with Crippen LogP contribution in [-0.4, -0.2) is 71.1 Å². The van der Waals surface area contributed by atoms with Gasteiger partial charge in [-0.15, -0.1) is 0 Å². The van der Waals surface area contributed by atoms with Gasteiger partial charge < -0.3 is 35.8 Å². The van der Waals surface area contributed by atoms with E-state index in [0.717, 1.165) is 25.7 Å². The molecular weight excluding hydrogens is 532 g/mol. The van der Waals surface area contributed by atoms with Crippen molar-refractivity contribution in [2.45, 2.75) is 97.2 Å². The molecule has 0 radical (unpaired) electrons. The summed E-state index contributed by atoms with van der Waals surface area (Å²) in [6.45, 7) is 9.01. The van der Waals surface area contributed by atoms with E-state index in [1.54, 1.807) is 27.7 Å². The van der Waals surface area contributed by atoms with Gasteiger partial charge in [0, 0.05) is 13.1 Å². The zero-order valence-corrected chi connectivity index (χ0v) is 24.9. The van der Waals surface area contributed by atoms with Crippen LogP contribution < -0.4 is 16.4 Å². The zero-order valence-electron chi connectivity index (χ0n) is 24.9. The fourth-order valence-electron chi connectivity index (χ4n) is 4.05. The Morgan fingerprint density at radius 3 is 2.20 bits per heavy atom. The minimum atomic E-state index is -1.40. The van der Waals surface area contributed by atoms with Gasteiger partial charge in [-0.3, -0.25) is 19.2 Å². The lowest BCUT2D eigenvalue weighted by Gasteiger charge is -2.34. The molecule has 1 rings (SSSR count). The molecule has 12 nitrogen and oxygen atoms in total. The molecule has 0 heterocycles. The number of amides is 4. The Balaban J connectivity index is 3.42. The normalized spacial score (nSPS) is 12.5. The maximum Gasteiger partial charge on any atom is 0.408 e. The number of rotatable bonds is 17. The van der Waals surface area contributed by atoms with Crippen LogP contribution in [0.4, 0.5) is 4.79 Å². The number of hydrogen-bond acceptors (Lipinski definition) is 8. The minimum absolute atomic E-state index is 0.0361. The standard InChI is InChI=1S/C29H46N4O8/c1-6-8-9-10-11-18-33(27(38)22(19-23(30)35)32-28(39)41-29(3,4)5)25(20-12-14-21(34)15-13-20)26(37)31-17-16-24(36)40-7-2/h12-15,22,25,34H,6-11,16-19H2,1-5H3,(H2,30,35)(H,31,37)(H,32,39). The predicted octanol–water partition coefficient (Wildman–Crippen LogP) is 3.07. The summed E-state index contributed by atoms with van der Waals surface area (Å²) in [5.74, 6) is -2.64. The molecule has 0 saturated heterocycles. The number of alkyl carbamates (subject to hydrolysis) is 1. The average Bonchev–Trinajstić information content (AvgIpc) is 2.86. The van der Waals surface area contributed by atoms with Gasteiger partial charge in [0.15, 0.2) is 0 Å². The van der Waals surface area contributed by atoms with Gasteiger partial charge in [0.05, 0.1) is 19.4 Å². The molecular formula is C29H46N4O8. The number of hydrogen-bond donors (Lipinski definition) is 4. The summed E-state index contributed by atoms with van der Waals surface area (Å²) in [6, 6.07) is 3.19. The van der Waals surface area contributed by atoms with Crippen LogP contribution in [0.25, 0.3) is 0 Å². The van der Waals surface area contributed by atoms with Crippen molar-refractivity contribution in [1.82, 2.24) is 15.5 Å². The van der Waals surface area contributed by atoms with Gasteiger partial charge in [-0.25, -0.2) is 4.79 Å². The zero-order chi connectivity index (χ0) is 31.0. The van der Waals surface area contributed by atoms with E-state index >= 15 is 0 Å². The summed E-state index contributed by atoms with van der Waals surface area (Å²) >= 11 is 0. The van der Waals surface area contributed by atoms with E-state index < -0.39 is 53.9 Å². The summed E-state index contributed by atoms with van der Waals surface area (Å²) in [5.41, 5.74) is 4.94. The Hall–Kier alpha value is -3.83. The number of ether oxygens (including phenoxy) is 2. The molecule has 4 amide bonds. The highest BCUT2D eigenvalue weighted by Gasteiger charge is 2.36. The van der Waals surface area contributed by atoms with E-state index in [2.05, 4.69) is 17.6 Å². The molecule has 0 spiro atoms. The van der Waals surface area contributed by atoms with Gasteiger partial charge in [-0.05, 0) is 51.8 Å². The molecule has 0 aliphatic carbocycles. The van der Waals surface area contributed by atoms with Crippen molar-refractivity contribution in [3.63, 3.8) is 0 Å². The van der Waals surface area contributed by atoms with Crippen LogP contribution in [0.3, 0.4) is 0 Å². The summed E-state index contributed by atoms with van der Waals surface area (Å²) in [4.78, 5) is 65.2. The summed E-state index contributed by atoms with van der Waals surface area (Å²) < 4.78 is 10.2. The van der Waals surface area contributed by atoms with Crippen molar-refractivity contribution in [3.8, 4) is 5.75 Å². The van der Waals surface area contributed by atoms with Crippen LogP contribution in [0.2, 0.25) is 0 Å². The highest BCUT2D eigenvalue weighted by molar-refractivity contribution is 5.94. The number of phenols is 1. The number of nitrogens with zero attached hydrogens (tertiary/aromatic N) is 1. The Morgan fingerprint density at radius 1 is 1.00 bits per heavy atom. The highest BCUT2D eigenvalue weighted by atomic mass is 16.6. The molecule has 1 aromatic carbocycles. The second kappa shape index (κ2) is 17.8. The van der Waals surface area contributed by atoms with Gasteiger partial charge in [0.1, 0.15) is 23.4 Å². The molecule has 0 fully saturated rings. The second-order valence-corrected chi connectivity index (χ2v) is 10.7. The van der Waals surface area contributed by atoms with Gasteiger partial charge in [-0.1, -0.05) is 44.7 Å². The lowest BCUT2D eigenvalue weighted by molar-refractivity contribution is -0.144. The average molecular weight is 579 g/mol. The third kappa shape index (κ3) is 13.9. The van der Waals surface area contributed by atoms with Crippen LogP contribution in [0.5, 0.6) is 5.75 Å². The molecule has 5 N–H and O–H groups in total. The number of primary amides is 1. The van der Waals surface area contributed by atoms with Crippen LogP contribution in [0.15, 0.2) is 24.3 Å². The SMILES string of the molecule is CCCCCCCN(C(=O)C(CC(N)=O)NC(=O)OC(C)(C)C)C(C(=O)NCCC(=O)OCC)c1ccc(O)cc1. The largest absolute Gasteiger partial charge is 0.508 e. The molecule has 230 valence electrons. The Labute approximate surface area is 242 Å². The number of esters is 1. The van der Waals surface area contributed by atoms with Crippen molar-refractivity contribution < 1.29 is 38.6 Å². The predicted molar refractivity (Wildman–Crippen MR) is 153 cm³/mol. The van der Waals surface area contributed by atoms with Crippen molar-refractivity contribution in [1.29, 1.82) is 0 Å². The van der Waals surface area contributed by atoms with Crippen molar-refractivity contribution >= 4 is 29.8 Å². The molecule has 1 aromatic rings. The summed E-state index contributed by atoms with van der Waals surface area (Å²) in [5, 5.41) is 15.0. The summed E-state index contributed by atoms with van der Waals surface area (Å²) in [6.07, 6.45) is 2.77. The second-order valence-electron chi connectivity index (χ2n) is 10.7. The monoisotopic (exact) mass is 578 g/mol. The van der Waals surface area contributed by atoms with E-state index in [-0.39, 0.29) is 31.9 Å². The lowest BCUT2D eigenvalue weighted by atomic mass is 10.0. The summed E-state index contributed by atoms with van der Waals surface area (Å²) in [7, 11) is 0. The molecule has 2 atom stereocenters. The number of unbranched alkanes of at least 4 members (excludes halogenated alkanes) is 4. The Morgan fingerprint density at radius 2 is 1.63 bits per heavy atom. The fourth-order valence-corrected chi connectivity index (χ4v) is 4.05. The topological polar surface area (TPSA) is 177 Å². The van der Waals surface area contributed by atoms with Crippen molar-refractivity contribution in [3.05, 3.63) is 29.8 Å². The van der Waals surface area contributed by atoms with Crippen molar-refractivity contribution in [2.24, 2.45) is 5.73 Å². The minimum Gasteiger partial charge on any atom is -0.508 e. The molecule has 12 heteroatoms. The number of phenolic OH excluding ortho intramolecular Hbond substituents is 1. The molecule has 0 aliphatic rings. The van der Waals surface area contributed by atoms with E-state index in [0.29, 0.717) is 12.0 Å².